The second-order valence-corrected chi connectivity index (χ2v) is 5.56. The molecule has 0 radical (unpaired) electrons. The van der Waals surface area contributed by atoms with Gasteiger partial charge in [-0.25, -0.2) is 0 Å². The Balaban J connectivity index is 1.77. The van der Waals surface area contributed by atoms with Crippen LogP contribution in [-0.4, -0.2) is 37.4 Å². The average Bonchev–Trinajstić information content (AvgIpc) is 3.20. The number of carbonyl (C=O) groups is 1. The van der Waals surface area contributed by atoms with Crippen LogP contribution in [0.25, 0.3) is 17.5 Å². The van der Waals surface area contributed by atoms with Crippen molar-refractivity contribution in [1.29, 1.82) is 0 Å². The van der Waals surface area contributed by atoms with Gasteiger partial charge in [-0.2, -0.15) is 0 Å². The highest BCUT2D eigenvalue weighted by Crippen LogP contribution is 2.41. The Labute approximate surface area is 161 Å². The zero-order chi connectivity index (χ0) is 19.9. The number of hydrogen-bond donors (Lipinski definition) is 1. The van der Waals surface area contributed by atoms with Gasteiger partial charge >= 0.3 is 6.01 Å². The molecule has 1 aromatic heterocycles. The highest BCUT2D eigenvalue weighted by atomic mass is 16.5. The molecule has 0 aliphatic carbocycles. The maximum absolute atomic E-state index is 12.0. The molecule has 0 bridgehead atoms. The lowest BCUT2D eigenvalue weighted by atomic mass is 10.2. The van der Waals surface area contributed by atoms with Crippen LogP contribution in [0.15, 0.2) is 53.0 Å². The predicted octanol–water partition coefficient (Wildman–Crippen LogP) is 3.41. The summed E-state index contributed by atoms with van der Waals surface area (Å²) in [6.07, 6.45) is 3.07. The Kier molecular flexibility index (Phi) is 5.91. The van der Waals surface area contributed by atoms with E-state index in [4.69, 9.17) is 18.6 Å². The lowest BCUT2D eigenvalue weighted by molar-refractivity contribution is -0.112. The molecule has 0 aliphatic heterocycles. The largest absolute Gasteiger partial charge is 0.493 e. The molecule has 0 unspecified atom stereocenters. The fraction of sp³-hybridized carbons (Fsp3) is 0.150. The van der Waals surface area contributed by atoms with Crippen molar-refractivity contribution in [1.82, 2.24) is 10.2 Å². The summed E-state index contributed by atoms with van der Waals surface area (Å²) in [5.41, 5.74) is 1.46. The highest BCUT2D eigenvalue weighted by Gasteiger charge is 2.17. The van der Waals surface area contributed by atoms with Crippen LogP contribution in [0.4, 0.5) is 6.01 Å². The van der Waals surface area contributed by atoms with Gasteiger partial charge in [-0.05, 0) is 23.8 Å². The predicted molar refractivity (Wildman–Crippen MR) is 103 cm³/mol. The highest BCUT2D eigenvalue weighted by molar-refractivity contribution is 6.00. The molecule has 1 heterocycles. The number of carbonyl (C=O) groups excluding carboxylic acids is 1. The number of ether oxygens (including phenoxy) is 3. The van der Waals surface area contributed by atoms with Gasteiger partial charge in [0.1, 0.15) is 0 Å². The normalized spacial score (nSPS) is 10.7. The smallest absolute Gasteiger partial charge is 0.322 e. The molecule has 0 spiro atoms. The fourth-order valence-corrected chi connectivity index (χ4v) is 2.48. The zero-order valence-electron chi connectivity index (χ0n) is 15.6. The summed E-state index contributed by atoms with van der Waals surface area (Å²) >= 11 is 0. The first-order valence-electron chi connectivity index (χ1n) is 8.32. The van der Waals surface area contributed by atoms with E-state index < -0.39 is 0 Å². The van der Waals surface area contributed by atoms with E-state index >= 15 is 0 Å². The standard InChI is InChI=1S/C20H19N3O5/c1-25-15-11-14(12-16(26-2)18(15)27-3)19-22-23-20(28-19)21-17(24)10-9-13-7-5-4-6-8-13/h4-12H,1-3H3,(H,21,23,24)/b10-9+. The minimum Gasteiger partial charge on any atom is -0.493 e. The summed E-state index contributed by atoms with van der Waals surface area (Å²) in [6.45, 7) is 0. The molecule has 0 aliphatic rings. The van der Waals surface area contributed by atoms with Gasteiger partial charge in [0.15, 0.2) is 11.5 Å². The maximum Gasteiger partial charge on any atom is 0.322 e. The van der Waals surface area contributed by atoms with Crippen LogP contribution in [0, 0.1) is 0 Å². The Bertz CT molecular complexity index is 958. The maximum atomic E-state index is 12.0. The number of amides is 1. The molecular weight excluding hydrogens is 362 g/mol. The summed E-state index contributed by atoms with van der Waals surface area (Å²) in [5.74, 6) is 1.16. The van der Waals surface area contributed by atoms with Gasteiger partial charge in [-0.1, -0.05) is 35.4 Å². The van der Waals surface area contributed by atoms with E-state index in [1.165, 1.54) is 27.4 Å². The second kappa shape index (κ2) is 8.72. The van der Waals surface area contributed by atoms with Gasteiger partial charge < -0.3 is 18.6 Å². The lowest BCUT2D eigenvalue weighted by Crippen LogP contribution is -2.07. The lowest BCUT2D eigenvalue weighted by Gasteiger charge is -2.12. The third-order valence-electron chi connectivity index (χ3n) is 3.79. The molecule has 1 N–H and O–H groups in total. The first kappa shape index (κ1) is 19.0. The monoisotopic (exact) mass is 381 g/mol. The average molecular weight is 381 g/mol. The van der Waals surface area contributed by atoms with Crippen LogP contribution in [-0.2, 0) is 4.79 Å². The van der Waals surface area contributed by atoms with Crippen molar-refractivity contribution >= 4 is 18.0 Å². The van der Waals surface area contributed by atoms with E-state index in [-0.39, 0.29) is 17.8 Å². The molecule has 0 fully saturated rings. The third-order valence-corrected chi connectivity index (χ3v) is 3.79. The Morgan fingerprint density at radius 1 is 1.00 bits per heavy atom. The quantitative estimate of drug-likeness (QED) is 0.627. The molecule has 0 atom stereocenters. The first-order chi connectivity index (χ1) is 13.6. The molecule has 8 heteroatoms. The van der Waals surface area contributed by atoms with E-state index in [0.717, 1.165) is 5.56 Å². The van der Waals surface area contributed by atoms with Gasteiger partial charge in [-0.15, -0.1) is 5.10 Å². The van der Waals surface area contributed by atoms with Crippen LogP contribution in [0.5, 0.6) is 17.2 Å². The van der Waals surface area contributed by atoms with Gasteiger partial charge in [0.05, 0.1) is 21.3 Å². The van der Waals surface area contributed by atoms with E-state index in [0.29, 0.717) is 22.8 Å². The summed E-state index contributed by atoms with van der Waals surface area (Å²) in [6, 6.07) is 12.8. The van der Waals surface area contributed by atoms with Gasteiger partial charge in [-0.3, -0.25) is 10.1 Å². The summed E-state index contributed by atoms with van der Waals surface area (Å²) in [5, 5.41) is 10.3. The number of aromatic nitrogens is 2. The first-order valence-corrected chi connectivity index (χ1v) is 8.32. The molecule has 0 saturated heterocycles. The van der Waals surface area contributed by atoms with Crippen molar-refractivity contribution in [2.45, 2.75) is 0 Å². The minimum absolute atomic E-state index is 0.0218. The fourth-order valence-electron chi connectivity index (χ4n) is 2.48. The second-order valence-electron chi connectivity index (χ2n) is 5.56. The van der Waals surface area contributed by atoms with Crippen LogP contribution in [0.3, 0.4) is 0 Å². The zero-order valence-corrected chi connectivity index (χ0v) is 15.6. The third kappa shape index (κ3) is 4.29. The topological polar surface area (TPSA) is 95.7 Å². The molecule has 28 heavy (non-hydrogen) atoms. The number of hydrogen-bond acceptors (Lipinski definition) is 7. The van der Waals surface area contributed by atoms with Crippen molar-refractivity contribution in [3.05, 3.63) is 54.1 Å². The van der Waals surface area contributed by atoms with Gasteiger partial charge in [0.2, 0.25) is 11.6 Å². The number of benzene rings is 2. The SMILES string of the molecule is COc1cc(-c2nnc(NC(=O)/C=C/c3ccccc3)o2)cc(OC)c1OC. The number of nitrogens with zero attached hydrogens (tertiary/aromatic N) is 2. The molecule has 2 aromatic carbocycles. The van der Waals surface area contributed by atoms with Crippen LogP contribution in [0.1, 0.15) is 5.56 Å². The van der Waals surface area contributed by atoms with Crippen molar-refractivity contribution in [2.75, 3.05) is 26.6 Å². The summed E-state index contributed by atoms with van der Waals surface area (Å²) in [7, 11) is 4.54. The molecular formula is C20H19N3O5. The van der Waals surface area contributed by atoms with E-state index in [2.05, 4.69) is 15.5 Å². The van der Waals surface area contributed by atoms with Crippen molar-refractivity contribution in [3.63, 3.8) is 0 Å². The van der Waals surface area contributed by atoms with Crippen molar-refractivity contribution < 1.29 is 23.4 Å². The number of methoxy groups -OCH3 is 3. The summed E-state index contributed by atoms with van der Waals surface area (Å²) in [4.78, 5) is 12.0. The molecule has 144 valence electrons. The van der Waals surface area contributed by atoms with Crippen LogP contribution in [0.2, 0.25) is 0 Å². The van der Waals surface area contributed by atoms with Gasteiger partial charge in [0, 0.05) is 11.6 Å². The van der Waals surface area contributed by atoms with E-state index in [1.807, 2.05) is 30.3 Å². The van der Waals surface area contributed by atoms with E-state index in [1.54, 1.807) is 18.2 Å². The number of rotatable bonds is 7. The van der Waals surface area contributed by atoms with Crippen LogP contribution >= 0.6 is 0 Å². The number of nitrogens with one attached hydrogen (secondary N) is 1. The summed E-state index contributed by atoms with van der Waals surface area (Å²) < 4.78 is 21.4. The van der Waals surface area contributed by atoms with Crippen LogP contribution < -0.4 is 19.5 Å². The molecule has 1 amide bonds. The Hall–Kier alpha value is -3.81. The molecule has 0 saturated carbocycles. The Morgan fingerprint density at radius 2 is 1.68 bits per heavy atom. The molecule has 8 nitrogen and oxygen atoms in total. The van der Waals surface area contributed by atoms with Gasteiger partial charge in [0.25, 0.3) is 5.91 Å². The Morgan fingerprint density at radius 3 is 2.29 bits per heavy atom. The minimum atomic E-state index is -0.385. The van der Waals surface area contributed by atoms with Crippen molar-refractivity contribution in [2.24, 2.45) is 0 Å². The molecule has 3 aromatic rings. The van der Waals surface area contributed by atoms with E-state index in [9.17, 15) is 4.79 Å². The molecule has 3 rings (SSSR count). The number of anilines is 1. The van der Waals surface area contributed by atoms with Crippen molar-refractivity contribution in [3.8, 4) is 28.7 Å².